The van der Waals surface area contributed by atoms with Crippen LogP contribution in [0.2, 0.25) is 0 Å². The summed E-state index contributed by atoms with van der Waals surface area (Å²) in [6.07, 6.45) is -4.50. The summed E-state index contributed by atoms with van der Waals surface area (Å²) in [4.78, 5) is 66.2. The minimum absolute atomic E-state index is 0.101. The molecule has 144 heavy (non-hydrogen) atoms. The van der Waals surface area contributed by atoms with Crippen LogP contribution in [0.4, 0.5) is 0 Å². The summed E-state index contributed by atoms with van der Waals surface area (Å²) in [7, 11) is 16.0. The molecule has 5 aliphatic heterocycles. The lowest BCUT2D eigenvalue weighted by atomic mass is 9.70. The van der Waals surface area contributed by atoms with Crippen molar-refractivity contribution in [3.8, 4) is 80.5 Å². The van der Waals surface area contributed by atoms with Crippen LogP contribution < -0.4 is 71.6 Å². The number of hydrogen-bond donors (Lipinski definition) is 10. The van der Waals surface area contributed by atoms with E-state index >= 15 is 0 Å². The number of aliphatic hydroxyl groups is 9. The molecular formula is C112H109NO31. The first-order valence-corrected chi connectivity index (χ1v) is 46.4. The number of fused-ring (bicyclic) bond motifs is 13. The maximum Gasteiger partial charge on any atom is 0.312 e. The lowest BCUT2D eigenvalue weighted by Crippen LogP contribution is -2.53. The molecule has 4 aliphatic carbocycles. The van der Waals surface area contributed by atoms with E-state index in [0.29, 0.717) is 107 Å². The molecule has 21 rings (SSSR count). The molecule has 0 aromatic heterocycles. The fourth-order valence-corrected chi connectivity index (χ4v) is 23.7. The quantitative estimate of drug-likeness (QED) is 0.0210. The average Bonchev–Trinajstić information content (AvgIpc) is 1.48. The fraction of sp³-hybridized carbons (Fsp3) is 0.312. The summed E-state index contributed by atoms with van der Waals surface area (Å²) < 4.78 is 98.0. The molecule has 0 saturated heterocycles. The van der Waals surface area contributed by atoms with Gasteiger partial charge in [-0.1, -0.05) is 164 Å². The SMILES string of the molecule is CNC(=O)[C@H]1[C@@H](OC(C)=O)[C@@]2(O)c3c(OC)cc(CO)cc3O[C@@]2(c2ccc(OC)cc2)[C@@H]1c1ccccc1.COC(=O)[C@H]1[C@@H](O)[C@@]2(O)c3c(OC)cc(CO)cc3O[C@@]2(c2ccc(OC)cc2)[C@@H]1c1ccccc1.COC(=O)[C@H]1[C@@H](O)[C@@]2(O)c3c(OC)cc(CO)cc3O[C@@]2(c2ccc(OC)cc2)[C@@H]1c1ccccc1.COc1cc(OC)c2c(c1)O[C@@]1(c3ccc4c(c3)OCO4)[C@H](c3ccccc3)CC(=O)[C@@]21O. The standard InChI is InChI=1S/C30H31NO8.2C28H28O8.C26H22O7/c1-17(33)38-27-24(28(34)31-2)25(19-8-6-5-7-9-19)30(20-10-12-21(36-3)13-11-20)29(27,35)26-22(37-4)14-18(16-32)15-23(26)39-30;2*1-33-19-11-9-18(10-12-19)28-23(17-7-5-4-6-8-17)22(26(31)35-3)25(30)27(28,32)24-20(34-2)13-16(15-29)14-21(24)36-28;1-29-17-11-21(30-2)24-22(12-17)33-26(16-8-9-19-20(10-16)32-14-31-19)18(13-23(27)25(24,26)28)15-6-4-3-5-7-15/h5-15,24-25,27,32,35H,16H2,1-4H3,(H,31,34);2*4-14,22-23,25,29-30,32H,15H2,1-3H3;3-12,18,28H,13-14H2,1-2H3/t24-,25-,27-,29+,30+;2*22-,23-,25-,27+,28+;18-,25+,26-/m1110/s1. The van der Waals surface area contributed by atoms with E-state index in [1.165, 1.54) is 63.7 Å². The van der Waals surface area contributed by atoms with Gasteiger partial charge >= 0.3 is 17.9 Å². The third kappa shape index (κ3) is 14.7. The predicted octanol–water partition coefficient (Wildman–Crippen LogP) is 11.7. The van der Waals surface area contributed by atoms with Crippen molar-refractivity contribution in [3.05, 3.63) is 344 Å². The van der Waals surface area contributed by atoms with Gasteiger partial charge in [-0.15, -0.1) is 0 Å². The zero-order valence-electron chi connectivity index (χ0n) is 80.6. The van der Waals surface area contributed by atoms with Gasteiger partial charge in [-0.25, -0.2) is 0 Å². The maximum atomic E-state index is 13.7. The van der Waals surface area contributed by atoms with E-state index in [2.05, 4.69) is 5.32 Å². The van der Waals surface area contributed by atoms with Gasteiger partial charge in [0, 0.05) is 61.8 Å². The molecule has 4 saturated carbocycles. The summed E-state index contributed by atoms with van der Waals surface area (Å²) in [5.41, 5.74) is -7.07. The summed E-state index contributed by atoms with van der Waals surface area (Å²) in [5, 5.41) is 107. The van der Waals surface area contributed by atoms with Crippen LogP contribution in [0.5, 0.6) is 80.5 Å². The highest BCUT2D eigenvalue weighted by Crippen LogP contribution is 2.75. The Kier molecular flexibility index (Phi) is 26.7. The molecule has 12 aromatic carbocycles. The van der Waals surface area contributed by atoms with Crippen molar-refractivity contribution in [2.24, 2.45) is 17.8 Å². The Morgan fingerprint density at radius 2 is 0.701 bits per heavy atom. The lowest BCUT2D eigenvalue weighted by Gasteiger charge is -2.41. The molecule has 0 spiro atoms. The van der Waals surface area contributed by atoms with E-state index in [0.717, 1.165) is 5.56 Å². The predicted molar refractivity (Wildman–Crippen MR) is 515 cm³/mol. The number of hydrogen-bond acceptors (Lipinski definition) is 31. The Balaban J connectivity index is 0.000000126. The first-order chi connectivity index (χ1) is 69.5. The third-order valence-electron chi connectivity index (χ3n) is 29.7. The van der Waals surface area contributed by atoms with Gasteiger partial charge < -0.3 is 132 Å². The normalized spacial score (nSPS) is 27.4. The zero-order valence-corrected chi connectivity index (χ0v) is 80.6. The van der Waals surface area contributed by atoms with Crippen LogP contribution >= 0.6 is 0 Å². The highest BCUT2D eigenvalue weighted by molar-refractivity contribution is 5.98. The molecule has 9 aliphatic rings. The molecular weight excluding hydrogens is 1860 g/mol. The maximum absolute atomic E-state index is 13.7. The Bertz CT molecular complexity index is 6640. The summed E-state index contributed by atoms with van der Waals surface area (Å²) in [6, 6.07) is 76.4. The molecule has 32 nitrogen and oxygen atoms in total. The molecule has 32 heteroatoms. The number of ether oxygens (including phenoxy) is 17. The second kappa shape index (κ2) is 38.7. The number of carbonyl (C=O) groups is 5. The minimum Gasteiger partial charge on any atom is -0.497 e. The topological polar surface area (TPSA) is 436 Å². The van der Waals surface area contributed by atoms with Crippen molar-refractivity contribution >= 4 is 29.6 Å². The Morgan fingerprint density at radius 1 is 0.361 bits per heavy atom. The molecule has 0 bridgehead atoms. The van der Waals surface area contributed by atoms with Gasteiger partial charge in [0.05, 0.1) is 131 Å². The molecule has 18 atom stereocenters. The fourth-order valence-electron chi connectivity index (χ4n) is 23.7. The number of amides is 1. The molecule has 0 radical (unpaired) electrons. The number of rotatable bonds is 23. The number of Topliss-reactive ketones (excluding diaryl/α,β-unsaturated/α-hetero) is 1. The van der Waals surface area contributed by atoms with Gasteiger partial charge in [-0.05, 0) is 141 Å². The van der Waals surface area contributed by atoms with Crippen LogP contribution in [0.1, 0.15) is 120 Å². The van der Waals surface area contributed by atoms with Crippen molar-refractivity contribution in [1.82, 2.24) is 5.32 Å². The van der Waals surface area contributed by atoms with Crippen molar-refractivity contribution in [2.75, 3.05) is 84.9 Å². The first kappa shape index (κ1) is 99.2. The van der Waals surface area contributed by atoms with Crippen molar-refractivity contribution in [2.45, 2.75) is 120 Å². The molecule has 10 N–H and O–H groups in total. The van der Waals surface area contributed by atoms with E-state index in [-0.39, 0.29) is 90.0 Å². The van der Waals surface area contributed by atoms with E-state index in [1.54, 1.807) is 155 Å². The van der Waals surface area contributed by atoms with E-state index in [1.807, 2.05) is 127 Å². The van der Waals surface area contributed by atoms with E-state index < -0.39 is 128 Å². The number of methoxy groups -OCH3 is 10. The second-order valence-electron chi connectivity index (χ2n) is 36.2. The summed E-state index contributed by atoms with van der Waals surface area (Å²) in [6.45, 7) is 0.491. The highest BCUT2D eigenvalue weighted by atomic mass is 16.7. The van der Waals surface area contributed by atoms with Crippen molar-refractivity contribution < 1.29 is 150 Å². The van der Waals surface area contributed by atoms with Crippen LogP contribution in [0.25, 0.3) is 0 Å². The molecule has 1 amide bonds. The van der Waals surface area contributed by atoms with Gasteiger partial charge in [-0.2, -0.15) is 0 Å². The largest absolute Gasteiger partial charge is 0.497 e. The Morgan fingerprint density at radius 3 is 1.06 bits per heavy atom. The molecule has 748 valence electrons. The molecule has 4 fully saturated rings. The minimum atomic E-state index is -2.12. The number of aliphatic hydroxyl groups excluding tert-OH is 5. The Labute approximate surface area is 828 Å². The first-order valence-electron chi connectivity index (χ1n) is 46.4. The van der Waals surface area contributed by atoms with Gasteiger partial charge in [0.2, 0.25) is 12.7 Å². The van der Waals surface area contributed by atoms with Crippen molar-refractivity contribution in [1.29, 1.82) is 0 Å². The van der Waals surface area contributed by atoms with Crippen molar-refractivity contribution in [3.63, 3.8) is 0 Å². The third-order valence-corrected chi connectivity index (χ3v) is 29.7. The molecule has 12 aromatic rings. The average molecular weight is 1970 g/mol. The molecule has 5 heterocycles. The van der Waals surface area contributed by atoms with Gasteiger partial charge in [0.1, 0.15) is 81.2 Å². The number of esters is 3. The summed E-state index contributed by atoms with van der Waals surface area (Å²) >= 11 is 0. The number of carbonyl (C=O) groups excluding carboxylic acids is 5. The van der Waals surface area contributed by atoms with Crippen LogP contribution in [0.3, 0.4) is 0 Å². The number of nitrogens with one attached hydrogen (secondary N) is 1. The number of ketones is 1. The van der Waals surface area contributed by atoms with Crippen LogP contribution in [0, 0.1) is 17.8 Å². The van der Waals surface area contributed by atoms with Gasteiger partial charge in [-0.3, -0.25) is 24.0 Å². The van der Waals surface area contributed by atoms with Crippen LogP contribution in [-0.2, 0) is 103 Å². The van der Waals surface area contributed by atoms with E-state index in [9.17, 15) is 69.9 Å². The number of benzene rings is 12. The van der Waals surface area contributed by atoms with Crippen LogP contribution in [-0.4, -0.2) is 179 Å². The Hall–Kier alpha value is -15.0. The van der Waals surface area contributed by atoms with Crippen LogP contribution in [0.15, 0.2) is 261 Å². The van der Waals surface area contributed by atoms with Gasteiger partial charge in [0.25, 0.3) is 0 Å². The summed E-state index contributed by atoms with van der Waals surface area (Å²) in [5.74, 6) is -3.63. The second-order valence-corrected chi connectivity index (χ2v) is 36.2. The molecule has 0 unspecified atom stereocenters. The smallest absolute Gasteiger partial charge is 0.312 e. The lowest BCUT2D eigenvalue weighted by molar-refractivity contribution is -0.183. The monoisotopic (exact) mass is 1960 g/mol. The zero-order chi connectivity index (χ0) is 102. The highest BCUT2D eigenvalue weighted by Gasteiger charge is 2.83. The van der Waals surface area contributed by atoms with Gasteiger partial charge in [0.15, 0.2) is 68.2 Å². The van der Waals surface area contributed by atoms with E-state index in [4.69, 9.17) is 80.5 Å².